The maximum atomic E-state index is 13.7. The highest BCUT2D eigenvalue weighted by Gasteiger charge is 2.72. The first-order valence-electron chi connectivity index (χ1n) is 11.3. The van der Waals surface area contributed by atoms with Crippen LogP contribution >= 0.6 is 34.8 Å². The summed E-state index contributed by atoms with van der Waals surface area (Å²) in [4.78, 5) is 38.7. The van der Waals surface area contributed by atoms with E-state index in [1.807, 2.05) is 48.5 Å². The largest absolute Gasteiger partial charge is 0.326 e. The molecule has 1 saturated heterocycles. The Morgan fingerprint density at radius 3 is 1.63 bits per heavy atom. The van der Waals surface area contributed by atoms with E-state index in [1.165, 1.54) is 0 Å². The molecular formula is C27H19Cl3N2O3. The number of amides is 3. The molecule has 176 valence electrons. The predicted octanol–water partition coefficient (Wildman–Crippen LogP) is 5.26. The first kappa shape index (κ1) is 22.6. The Kier molecular flexibility index (Phi) is 5.05. The third-order valence-corrected chi connectivity index (χ3v) is 8.90. The second kappa shape index (κ2) is 7.82. The summed E-state index contributed by atoms with van der Waals surface area (Å²) in [6, 6.07) is 21.7. The van der Waals surface area contributed by atoms with Gasteiger partial charge in [-0.1, -0.05) is 60.1 Å². The van der Waals surface area contributed by atoms with E-state index in [4.69, 9.17) is 34.8 Å². The lowest BCUT2D eigenvalue weighted by Gasteiger charge is -2.54. The van der Waals surface area contributed by atoms with Gasteiger partial charge in [0.1, 0.15) is 9.75 Å². The van der Waals surface area contributed by atoms with Gasteiger partial charge in [-0.15, -0.1) is 23.2 Å². The van der Waals surface area contributed by atoms with E-state index >= 15 is 0 Å². The number of nitrogens with zero attached hydrogens (tertiary/aromatic N) is 1. The fourth-order valence-electron chi connectivity index (χ4n) is 5.92. The van der Waals surface area contributed by atoms with Crippen LogP contribution in [0.15, 0.2) is 72.8 Å². The van der Waals surface area contributed by atoms with Crippen molar-refractivity contribution in [3.05, 3.63) is 100 Å². The Balaban J connectivity index is 1.34. The number of rotatable bonds is 4. The van der Waals surface area contributed by atoms with Crippen molar-refractivity contribution in [2.24, 2.45) is 11.8 Å². The minimum absolute atomic E-state index is 0.0516. The molecule has 2 atom stereocenters. The van der Waals surface area contributed by atoms with Gasteiger partial charge in [0.2, 0.25) is 17.7 Å². The molecule has 3 amide bonds. The van der Waals surface area contributed by atoms with Crippen LogP contribution in [0.2, 0.25) is 5.02 Å². The minimum Gasteiger partial charge on any atom is -0.326 e. The van der Waals surface area contributed by atoms with E-state index in [0.29, 0.717) is 10.7 Å². The third-order valence-electron chi connectivity index (χ3n) is 7.37. The number of benzene rings is 3. The number of nitrogens with one attached hydrogen (secondary N) is 1. The molecule has 2 bridgehead atoms. The molecule has 4 aliphatic rings. The van der Waals surface area contributed by atoms with E-state index in [1.54, 1.807) is 24.3 Å². The zero-order valence-electron chi connectivity index (χ0n) is 18.3. The molecule has 3 aliphatic carbocycles. The van der Waals surface area contributed by atoms with Crippen molar-refractivity contribution in [2.75, 3.05) is 11.9 Å². The molecule has 0 saturated carbocycles. The molecule has 8 heteroatoms. The highest BCUT2D eigenvalue weighted by Crippen LogP contribution is 2.69. The van der Waals surface area contributed by atoms with Crippen LogP contribution in [0.5, 0.6) is 0 Å². The molecule has 0 aromatic heterocycles. The second-order valence-electron chi connectivity index (χ2n) is 9.10. The normalized spacial score (nSPS) is 27.9. The van der Waals surface area contributed by atoms with Crippen molar-refractivity contribution < 1.29 is 14.4 Å². The fourth-order valence-corrected chi connectivity index (χ4v) is 7.14. The van der Waals surface area contributed by atoms with E-state index in [9.17, 15) is 14.4 Å². The van der Waals surface area contributed by atoms with Crippen molar-refractivity contribution in [3.63, 3.8) is 0 Å². The molecule has 3 aromatic carbocycles. The quantitative estimate of drug-likeness (QED) is 0.373. The maximum absolute atomic E-state index is 13.7. The number of anilines is 1. The average molecular weight is 526 g/mol. The van der Waals surface area contributed by atoms with Gasteiger partial charge in [0.05, 0.1) is 11.8 Å². The summed E-state index contributed by atoms with van der Waals surface area (Å²) < 4.78 is 0. The Morgan fingerprint density at radius 2 is 1.20 bits per heavy atom. The summed E-state index contributed by atoms with van der Waals surface area (Å²) in [7, 11) is 0. The van der Waals surface area contributed by atoms with Gasteiger partial charge in [0.15, 0.2) is 0 Å². The fraction of sp³-hybridized carbons (Fsp3) is 0.222. The molecule has 0 unspecified atom stereocenters. The summed E-state index contributed by atoms with van der Waals surface area (Å²) >= 11 is 20.7. The first-order valence-corrected chi connectivity index (χ1v) is 12.4. The topological polar surface area (TPSA) is 66.5 Å². The van der Waals surface area contributed by atoms with Gasteiger partial charge < -0.3 is 5.32 Å². The monoisotopic (exact) mass is 524 g/mol. The number of halogens is 3. The second-order valence-corrected chi connectivity index (χ2v) is 10.7. The molecule has 1 fully saturated rings. The number of carbonyl (C=O) groups is 3. The molecule has 35 heavy (non-hydrogen) atoms. The zero-order valence-corrected chi connectivity index (χ0v) is 20.6. The zero-order chi connectivity index (χ0) is 24.5. The highest BCUT2D eigenvalue weighted by atomic mass is 35.5. The molecule has 3 aromatic rings. The molecular weight excluding hydrogens is 507 g/mol. The molecule has 0 spiro atoms. The van der Waals surface area contributed by atoms with E-state index in [-0.39, 0.29) is 18.9 Å². The lowest BCUT2D eigenvalue weighted by atomic mass is 9.54. The Labute approximate surface area is 217 Å². The van der Waals surface area contributed by atoms with Crippen LogP contribution in [-0.2, 0) is 24.1 Å². The van der Waals surface area contributed by atoms with Crippen LogP contribution in [0.3, 0.4) is 0 Å². The smallest absolute Gasteiger partial charge is 0.235 e. The molecule has 7 rings (SSSR count). The Morgan fingerprint density at radius 1 is 0.771 bits per heavy atom. The van der Waals surface area contributed by atoms with Crippen LogP contribution in [0.4, 0.5) is 5.69 Å². The van der Waals surface area contributed by atoms with Crippen LogP contribution in [0.25, 0.3) is 0 Å². The van der Waals surface area contributed by atoms with Crippen LogP contribution < -0.4 is 5.32 Å². The van der Waals surface area contributed by atoms with Crippen LogP contribution in [-0.4, -0.2) is 29.2 Å². The summed E-state index contributed by atoms with van der Waals surface area (Å²) in [6.45, 7) is -0.0588. The van der Waals surface area contributed by atoms with Crippen molar-refractivity contribution in [2.45, 2.75) is 16.2 Å². The van der Waals surface area contributed by atoms with E-state index in [2.05, 4.69) is 5.32 Å². The number of hydrogen-bond acceptors (Lipinski definition) is 3. The van der Waals surface area contributed by atoms with Gasteiger partial charge >= 0.3 is 0 Å². The molecule has 5 nitrogen and oxygen atoms in total. The summed E-state index contributed by atoms with van der Waals surface area (Å²) in [6.07, 6.45) is -0.0516. The molecule has 0 radical (unpaired) electrons. The van der Waals surface area contributed by atoms with Gasteiger partial charge in [0, 0.05) is 23.7 Å². The van der Waals surface area contributed by atoms with Gasteiger partial charge in [0.25, 0.3) is 0 Å². The summed E-state index contributed by atoms with van der Waals surface area (Å²) in [5, 5.41) is 3.32. The molecule has 1 heterocycles. The maximum Gasteiger partial charge on any atom is 0.235 e. The number of likely N-dealkylation sites (tertiary alicyclic amines) is 1. The molecule has 1 N–H and O–H groups in total. The lowest BCUT2D eigenvalue weighted by molar-refractivity contribution is -0.140. The number of hydrogen-bond donors (Lipinski definition) is 1. The van der Waals surface area contributed by atoms with Crippen molar-refractivity contribution >= 4 is 58.2 Å². The third kappa shape index (κ3) is 2.98. The number of imide groups is 1. The van der Waals surface area contributed by atoms with E-state index < -0.39 is 33.4 Å². The van der Waals surface area contributed by atoms with Crippen molar-refractivity contribution in [1.29, 1.82) is 0 Å². The minimum atomic E-state index is -1.22. The highest BCUT2D eigenvalue weighted by molar-refractivity contribution is 6.36. The van der Waals surface area contributed by atoms with Gasteiger partial charge in [-0.2, -0.15) is 0 Å². The summed E-state index contributed by atoms with van der Waals surface area (Å²) in [5.74, 6) is -2.85. The molecule has 1 aliphatic heterocycles. The number of carbonyl (C=O) groups excluding carboxylic acids is 3. The average Bonchev–Trinajstić information content (AvgIpc) is 3.13. The van der Waals surface area contributed by atoms with Crippen LogP contribution in [0.1, 0.15) is 28.7 Å². The lowest BCUT2D eigenvalue weighted by Crippen LogP contribution is -2.57. The number of alkyl halides is 2. The van der Waals surface area contributed by atoms with Gasteiger partial charge in [-0.05, 0) is 46.5 Å². The van der Waals surface area contributed by atoms with Crippen molar-refractivity contribution in [3.8, 4) is 0 Å². The first-order chi connectivity index (χ1) is 16.8. The van der Waals surface area contributed by atoms with Gasteiger partial charge in [-0.25, -0.2) is 0 Å². The SMILES string of the molecule is O=C(CCN1C(=O)[C@@H]2[C@H](C1=O)C1(Cl)c3ccccc3C2(Cl)c2ccccc21)Nc1ccc(Cl)cc1. The van der Waals surface area contributed by atoms with Crippen LogP contribution in [0, 0.1) is 11.8 Å². The standard InChI is InChI=1S/C27H19Cl3N2O3/c28-15-9-11-16(12-10-15)31-21(33)13-14-32-24(34)22-23(25(32)35)27(30)18-6-2-1-5-17(18)26(22,29)19-7-3-4-8-20(19)27/h1-12,22-23H,13-14H2,(H,31,33)/t22-,23+,26?,27?. The Hall–Kier alpha value is -2.86. The van der Waals surface area contributed by atoms with E-state index in [0.717, 1.165) is 27.2 Å². The predicted molar refractivity (Wildman–Crippen MR) is 135 cm³/mol. The van der Waals surface area contributed by atoms with Gasteiger partial charge in [-0.3, -0.25) is 19.3 Å². The van der Waals surface area contributed by atoms with Crippen molar-refractivity contribution in [1.82, 2.24) is 4.90 Å². The Bertz CT molecular complexity index is 1280. The summed E-state index contributed by atoms with van der Waals surface area (Å²) in [5.41, 5.74) is 3.58.